The molecule has 21 heavy (non-hydrogen) atoms. The number of aromatic nitrogens is 1. The molecule has 2 fully saturated rings. The molecule has 5 nitrogen and oxygen atoms in total. The van der Waals surface area contributed by atoms with Gasteiger partial charge in [0, 0.05) is 13.1 Å². The quantitative estimate of drug-likeness (QED) is 0.932. The first-order chi connectivity index (χ1) is 10.1. The van der Waals surface area contributed by atoms with Crippen LogP contribution in [0.25, 0.3) is 0 Å². The second-order valence-electron chi connectivity index (χ2n) is 5.95. The third-order valence-corrected chi connectivity index (χ3v) is 5.28. The maximum absolute atomic E-state index is 12.3. The number of likely N-dealkylation sites (tertiary alicyclic amines) is 1. The lowest BCUT2D eigenvalue weighted by Gasteiger charge is -2.36. The molecule has 1 aliphatic heterocycles. The number of thiazole rings is 1. The fourth-order valence-electron chi connectivity index (χ4n) is 2.80. The maximum Gasteiger partial charge on any atom is 0.322 e. The zero-order chi connectivity index (χ0) is 14.8. The predicted molar refractivity (Wildman–Crippen MR) is 83.9 cm³/mol. The van der Waals surface area contributed by atoms with Gasteiger partial charge in [-0.2, -0.15) is 0 Å². The Bertz CT molecular complexity index is 505. The van der Waals surface area contributed by atoms with E-state index in [9.17, 15) is 4.79 Å². The average molecular weight is 309 g/mol. The summed E-state index contributed by atoms with van der Waals surface area (Å²) in [6.07, 6.45) is 6.45. The number of piperidine rings is 1. The van der Waals surface area contributed by atoms with Crippen molar-refractivity contribution in [3.63, 3.8) is 0 Å². The molecule has 3 rings (SSSR count). The second-order valence-corrected chi connectivity index (χ2v) is 7.16. The van der Waals surface area contributed by atoms with Crippen molar-refractivity contribution in [2.75, 3.05) is 18.4 Å². The van der Waals surface area contributed by atoms with E-state index in [2.05, 4.69) is 10.3 Å². The Kier molecular flexibility index (Phi) is 4.45. The third-order valence-electron chi connectivity index (χ3n) is 4.29. The summed E-state index contributed by atoms with van der Waals surface area (Å²) < 4.78 is 6.03. The van der Waals surface area contributed by atoms with Gasteiger partial charge >= 0.3 is 6.03 Å². The number of aryl methyl sites for hydroxylation is 2. The third kappa shape index (κ3) is 3.55. The van der Waals surface area contributed by atoms with Gasteiger partial charge in [-0.1, -0.05) is 0 Å². The van der Waals surface area contributed by atoms with Gasteiger partial charge in [0.1, 0.15) is 5.00 Å². The number of urea groups is 1. The molecular formula is C15H23N3O2S. The lowest BCUT2D eigenvalue weighted by molar-refractivity contribution is -0.0694. The molecule has 2 heterocycles. The van der Waals surface area contributed by atoms with Crippen molar-refractivity contribution in [3.8, 4) is 0 Å². The highest BCUT2D eigenvalue weighted by molar-refractivity contribution is 7.16. The monoisotopic (exact) mass is 309 g/mol. The van der Waals surface area contributed by atoms with Gasteiger partial charge in [-0.25, -0.2) is 9.78 Å². The van der Waals surface area contributed by atoms with Crippen LogP contribution in [0.2, 0.25) is 0 Å². The lowest BCUT2D eigenvalue weighted by atomic mass is 9.95. The van der Waals surface area contributed by atoms with E-state index in [1.54, 1.807) is 0 Å². The SMILES string of the molecule is Cc1nc(C)c(NC(=O)N2CCC(OC3CCC3)CC2)s1. The van der Waals surface area contributed by atoms with E-state index in [0.29, 0.717) is 12.2 Å². The molecule has 0 unspecified atom stereocenters. The van der Waals surface area contributed by atoms with Crippen molar-refractivity contribution in [3.05, 3.63) is 10.7 Å². The molecular weight excluding hydrogens is 286 g/mol. The van der Waals surface area contributed by atoms with E-state index in [0.717, 1.165) is 41.6 Å². The minimum absolute atomic E-state index is 0.0103. The normalized spacial score (nSPS) is 20.4. The van der Waals surface area contributed by atoms with Crippen molar-refractivity contribution in [1.82, 2.24) is 9.88 Å². The minimum Gasteiger partial charge on any atom is -0.375 e. The zero-order valence-electron chi connectivity index (χ0n) is 12.7. The molecule has 6 heteroatoms. The maximum atomic E-state index is 12.3. The lowest BCUT2D eigenvalue weighted by Crippen LogP contribution is -2.44. The topological polar surface area (TPSA) is 54.5 Å². The Morgan fingerprint density at radius 3 is 2.43 bits per heavy atom. The van der Waals surface area contributed by atoms with E-state index in [-0.39, 0.29) is 6.03 Å². The van der Waals surface area contributed by atoms with Gasteiger partial charge in [0.2, 0.25) is 0 Å². The van der Waals surface area contributed by atoms with E-state index in [4.69, 9.17) is 4.74 Å². The fourth-order valence-corrected chi connectivity index (χ4v) is 3.61. The Labute approximate surface area is 129 Å². The number of carbonyl (C=O) groups is 1. The standard InChI is InChI=1S/C15H23N3O2S/c1-10-14(21-11(2)16-10)17-15(19)18-8-6-13(7-9-18)20-12-4-3-5-12/h12-13H,3-9H2,1-2H3,(H,17,19). The molecule has 0 atom stereocenters. The molecule has 0 radical (unpaired) electrons. The largest absolute Gasteiger partial charge is 0.375 e. The molecule has 0 aromatic carbocycles. The highest BCUT2D eigenvalue weighted by Crippen LogP contribution is 2.27. The number of anilines is 1. The molecule has 116 valence electrons. The summed E-state index contributed by atoms with van der Waals surface area (Å²) in [6.45, 7) is 5.44. The summed E-state index contributed by atoms with van der Waals surface area (Å²) >= 11 is 1.53. The van der Waals surface area contributed by atoms with Gasteiger partial charge in [0.25, 0.3) is 0 Å². The molecule has 1 saturated heterocycles. The highest BCUT2D eigenvalue weighted by Gasteiger charge is 2.28. The number of hydrogen-bond acceptors (Lipinski definition) is 4. The molecule has 1 aromatic heterocycles. The van der Waals surface area contributed by atoms with Gasteiger partial charge in [-0.15, -0.1) is 11.3 Å². The average Bonchev–Trinajstić information content (AvgIpc) is 2.73. The fraction of sp³-hybridized carbons (Fsp3) is 0.733. The molecule has 2 amide bonds. The van der Waals surface area contributed by atoms with Gasteiger partial charge in [0.05, 0.1) is 22.9 Å². The Hall–Kier alpha value is -1.14. The summed E-state index contributed by atoms with van der Waals surface area (Å²) in [7, 11) is 0. The van der Waals surface area contributed by atoms with Crippen LogP contribution < -0.4 is 5.32 Å². The smallest absolute Gasteiger partial charge is 0.322 e. The van der Waals surface area contributed by atoms with Crippen LogP contribution in [0.4, 0.5) is 9.80 Å². The molecule has 0 spiro atoms. The molecule has 1 aliphatic carbocycles. The van der Waals surface area contributed by atoms with Crippen LogP contribution in [0.15, 0.2) is 0 Å². The number of carbonyl (C=O) groups excluding carboxylic acids is 1. The van der Waals surface area contributed by atoms with Gasteiger partial charge in [0.15, 0.2) is 0 Å². The number of ether oxygens (including phenoxy) is 1. The molecule has 2 aliphatic rings. The van der Waals surface area contributed by atoms with E-state index in [1.165, 1.54) is 30.6 Å². The van der Waals surface area contributed by atoms with Crippen LogP contribution in [-0.4, -0.2) is 41.2 Å². The van der Waals surface area contributed by atoms with Crippen molar-refractivity contribution in [2.45, 2.75) is 58.2 Å². The first-order valence-corrected chi connectivity index (χ1v) is 8.59. The van der Waals surface area contributed by atoms with Crippen LogP contribution in [-0.2, 0) is 4.74 Å². The minimum atomic E-state index is -0.0103. The summed E-state index contributed by atoms with van der Waals surface area (Å²) in [6, 6.07) is -0.0103. The summed E-state index contributed by atoms with van der Waals surface area (Å²) in [5.74, 6) is 0. The number of nitrogens with one attached hydrogen (secondary N) is 1. The number of nitrogens with zero attached hydrogens (tertiary/aromatic N) is 2. The number of hydrogen-bond donors (Lipinski definition) is 1. The van der Waals surface area contributed by atoms with E-state index >= 15 is 0 Å². The number of rotatable bonds is 3. The zero-order valence-corrected chi connectivity index (χ0v) is 13.5. The number of amides is 2. The highest BCUT2D eigenvalue weighted by atomic mass is 32.1. The summed E-state index contributed by atoms with van der Waals surface area (Å²) in [5, 5.41) is 4.83. The first kappa shape index (κ1) is 14.8. The van der Waals surface area contributed by atoms with E-state index in [1.807, 2.05) is 18.7 Å². The van der Waals surface area contributed by atoms with Crippen LogP contribution in [0.1, 0.15) is 42.8 Å². The van der Waals surface area contributed by atoms with Crippen molar-refractivity contribution < 1.29 is 9.53 Å². The van der Waals surface area contributed by atoms with Gasteiger partial charge in [-0.05, 0) is 46.0 Å². The van der Waals surface area contributed by atoms with Gasteiger partial charge < -0.3 is 9.64 Å². The Morgan fingerprint density at radius 1 is 1.24 bits per heavy atom. The molecule has 0 bridgehead atoms. The van der Waals surface area contributed by atoms with Crippen LogP contribution >= 0.6 is 11.3 Å². The van der Waals surface area contributed by atoms with E-state index < -0.39 is 0 Å². The van der Waals surface area contributed by atoms with Crippen molar-refractivity contribution in [1.29, 1.82) is 0 Å². The van der Waals surface area contributed by atoms with Crippen LogP contribution in [0.5, 0.6) is 0 Å². The van der Waals surface area contributed by atoms with Gasteiger partial charge in [-0.3, -0.25) is 5.32 Å². The van der Waals surface area contributed by atoms with Crippen molar-refractivity contribution in [2.24, 2.45) is 0 Å². The summed E-state index contributed by atoms with van der Waals surface area (Å²) in [5.41, 5.74) is 0.897. The van der Waals surface area contributed by atoms with Crippen molar-refractivity contribution >= 4 is 22.4 Å². The molecule has 1 aromatic rings. The Balaban J connectivity index is 1.47. The summed E-state index contributed by atoms with van der Waals surface area (Å²) in [4.78, 5) is 18.5. The van der Waals surface area contributed by atoms with Crippen LogP contribution in [0, 0.1) is 13.8 Å². The molecule has 1 saturated carbocycles. The second kappa shape index (κ2) is 6.32. The predicted octanol–water partition coefficient (Wildman–Crippen LogP) is 3.33. The van der Waals surface area contributed by atoms with Crippen LogP contribution in [0.3, 0.4) is 0 Å². The first-order valence-electron chi connectivity index (χ1n) is 7.77. The molecule has 1 N–H and O–H groups in total. The Morgan fingerprint density at radius 2 is 1.90 bits per heavy atom.